The highest BCUT2D eigenvalue weighted by molar-refractivity contribution is 6.03. The third-order valence-corrected chi connectivity index (χ3v) is 11.7. The van der Waals surface area contributed by atoms with Crippen LogP contribution in [-0.2, 0) is 20.8 Å². The molecule has 0 aromatic heterocycles. The summed E-state index contributed by atoms with van der Waals surface area (Å²) in [6.45, 7) is 10.2. The summed E-state index contributed by atoms with van der Waals surface area (Å²) in [4.78, 5) is 34.1. The molecule has 0 spiro atoms. The number of hydrogen-bond acceptors (Lipinski definition) is 10. The van der Waals surface area contributed by atoms with E-state index in [-0.39, 0.29) is 49.9 Å². The number of amides is 1. The monoisotopic (exact) mass is 808 g/mol. The molecule has 1 saturated carbocycles. The minimum absolute atomic E-state index is 0.0540. The molecule has 0 unspecified atom stereocenters. The molecule has 0 bridgehead atoms. The van der Waals surface area contributed by atoms with Crippen LogP contribution in [0.4, 0.5) is 0 Å². The minimum atomic E-state index is -1.37. The number of fused-ring (bicyclic) bond motifs is 2. The van der Waals surface area contributed by atoms with Crippen LogP contribution >= 0.6 is 0 Å². The van der Waals surface area contributed by atoms with Crippen LogP contribution in [0.3, 0.4) is 0 Å². The van der Waals surface area contributed by atoms with E-state index in [4.69, 9.17) is 28.9 Å². The van der Waals surface area contributed by atoms with Gasteiger partial charge in [-0.1, -0.05) is 54.4 Å². The second-order valence-electron chi connectivity index (χ2n) is 16.8. The molecule has 316 valence electrons. The third-order valence-electron chi connectivity index (χ3n) is 11.7. The van der Waals surface area contributed by atoms with Crippen molar-refractivity contribution in [3.63, 3.8) is 0 Å². The molecule has 11 nitrogen and oxygen atoms in total. The molecule has 6 rings (SSSR count). The predicted octanol–water partition coefficient (Wildman–Crippen LogP) is 8.43. The molecule has 2 aliphatic carbocycles. The standard InChI is InChI=1S/C48H60N2O9/c1-7-24-56-48-43(50(5)44(54)27-32-14-12-17-35(25-32)55-6)30-41(49-59-47(2,3)4)39-28-34(16-8-10-22-51)38(19-9-11-23-52)45(46(39)48)40-29-37(20-21-42(40)58-48)57-36-18-13-15-33(26-36)31-53/h7,12-15,17-18,20-21,25-26,28-29,31,34,38,43,45-46,51-52H,1,8-11,16,19,22-24,27,30H2,2-6H3/t34-,38+,43-,45+,46+,48+/m0/s1. The fourth-order valence-electron chi connectivity index (χ4n) is 9.03. The van der Waals surface area contributed by atoms with E-state index in [1.807, 2.05) is 69.3 Å². The highest BCUT2D eigenvalue weighted by Crippen LogP contribution is 2.62. The third kappa shape index (κ3) is 9.91. The summed E-state index contributed by atoms with van der Waals surface area (Å²) in [5.41, 5.74) is 3.35. The highest BCUT2D eigenvalue weighted by Gasteiger charge is 2.65. The molecule has 11 heteroatoms. The number of aldehydes is 1. The lowest BCUT2D eigenvalue weighted by Crippen LogP contribution is -2.69. The molecule has 2 N–H and O–H groups in total. The van der Waals surface area contributed by atoms with Crippen molar-refractivity contribution in [2.45, 2.75) is 95.5 Å². The first kappa shape index (κ1) is 43.6. The maximum Gasteiger partial charge on any atom is 0.239 e. The van der Waals surface area contributed by atoms with E-state index in [0.29, 0.717) is 47.8 Å². The molecular formula is C48H60N2O9. The first-order chi connectivity index (χ1) is 28.4. The molecule has 59 heavy (non-hydrogen) atoms. The van der Waals surface area contributed by atoms with Crippen LogP contribution in [0.15, 0.2) is 96.2 Å². The number of likely N-dealkylation sites (N-methyl/N-ethyl adjacent to an activating group) is 1. The Kier molecular flexibility index (Phi) is 14.3. The van der Waals surface area contributed by atoms with Crippen LogP contribution in [0.2, 0.25) is 0 Å². The number of nitrogens with zero attached hydrogens (tertiary/aromatic N) is 2. The van der Waals surface area contributed by atoms with Gasteiger partial charge in [0.15, 0.2) is 0 Å². The number of methoxy groups -OCH3 is 1. The smallest absolute Gasteiger partial charge is 0.239 e. The van der Waals surface area contributed by atoms with Gasteiger partial charge in [-0.05, 0) is 112 Å². The van der Waals surface area contributed by atoms with Crippen LogP contribution in [0.25, 0.3) is 0 Å². The van der Waals surface area contributed by atoms with Crippen molar-refractivity contribution in [2.24, 2.45) is 22.9 Å². The molecule has 3 aromatic rings. The number of benzene rings is 3. The Balaban J connectivity index is 1.56. The summed E-state index contributed by atoms with van der Waals surface area (Å²) in [6.07, 6.45) is 9.84. The van der Waals surface area contributed by atoms with Crippen LogP contribution in [0.5, 0.6) is 23.0 Å². The topological polar surface area (TPSA) is 136 Å². The molecule has 3 aromatic carbocycles. The quantitative estimate of drug-likeness (QED) is 0.0530. The highest BCUT2D eigenvalue weighted by atomic mass is 16.7. The van der Waals surface area contributed by atoms with Gasteiger partial charge in [0.1, 0.15) is 40.9 Å². The fourth-order valence-corrected chi connectivity index (χ4v) is 9.03. The van der Waals surface area contributed by atoms with Crippen molar-refractivity contribution >= 4 is 17.9 Å². The first-order valence-corrected chi connectivity index (χ1v) is 20.8. The number of carbonyl (C=O) groups excluding carboxylic acids is 2. The average molecular weight is 809 g/mol. The van der Waals surface area contributed by atoms with E-state index in [2.05, 4.69) is 12.7 Å². The normalized spacial score (nSPS) is 23.9. The number of unbranched alkanes of at least 4 members (excludes halogenated alkanes) is 2. The Morgan fingerprint density at radius 3 is 2.42 bits per heavy atom. The van der Waals surface area contributed by atoms with Gasteiger partial charge in [0.25, 0.3) is 0 Å². The van der Waals surface area contributed by atoms with Gasteiger partial charge in [-0.25, -0.2) is 0 Å². The van der Waals surface area contributed by atoms with E-state index in [0.717, 1.165) is 54.4 Å². The van der Waals surface area contributed by atoms with E-state index < -0.39 is 23.3 Å². The van der Waals surface area contributed by atoms with Crippen LogP contribution in [0, 0.1) is 17.8 Å². The lowest BCUT2D eigenvalue weighted by atomic mass is 9.55. The Bertz CT molecular complexity index is 2000. The Morgan fingerprint density at radius 2 is 1.71 bits per heavy atom. The summed E-state index contributed by atoms with van der Waals surface area (Å²) < 4.78 is 26.2. The molecular weight excluding hydrogens is 749 g/mol. The Hall–Kier alpha value is -4.97. The van der Waals surface area contributed by atoms with Gasteiger partial charge in [0.2, 0.25) is 11.7 Å². The summed E-state index contributed by atoms with van der Waals surface area (Å²) in [6, 6.07) is 19.7. The second-order valence-corrected chi connectivity index (χ2v) is 16.8. The number of oxime groups is 1. The van der Waals surface area contributed by atoms with Crippen molar-refractivity contribution < 1.29 is 43.6 Å². The summed E-state index contributed by atoms with van der Waals surface area (Å²) in [5, 5.41) is 24.7. The van der Waals surface area contributed by atoms with Crippen molar-refractivity contribution in [2.75, 3.05) is 34.0 Å². The van der Waals surface area contributed by atoms with E-state index in [1.165, 1.54) is 0 Å². The summed E-state index contributed by atoms with van der Waals surface area (Å²) in [5.74, 6) is 0.375. The molecule has 1 amide bonds. The molecule has 1 heterocycles. The van der Waals surface area contributed by atoms with E-state index >= 15 is 0 Å². The van der Waals surface area contributed by atoms with Gasteiger partial charge >= 0.3 is 0 Å². The van der Waals surface area contributed by atoms with Gasteiger partial charge < -0.3 is 38.9 Å². The number of aliphatic hydroxyl groups is 2. The number of allylic oxidation sites excluding steroid dienone is 1. The fraction of sp³-hybridized carbons (Fsp3) is 0.479. The Morgan fingerprint density at radius 1 is 0.983 bits per heavy atom. The second kappa shape index (κ2) is 19.4. The van der Waals surface area contributed by atoms with Crippen LogP contribution in [-0.4, -0.2) is 84.4 Å². The van der Waals surface area contributed by atoms with Gasteiger partial charge in [-0.3, -0.25) is 9.59 Å². The van der Waals surface area contributed by atoms with Crippen molar-refractivity contribution in [3.8, 4) is 23.0 Å². The van der Waals surface area contributed by atoms with Gasteiger partial charge in [0, 0.05) is 43.7 Å². The molecule has 1 aliphatic heterocycles. The minimum Gasteiger partial charge on any atom is -0.497 e. The maximum atomic E-state index is 14.5. The lowest BCUT2D eigenvalue weighted by molar-refractivity contribution is -0.255. The zero-order chi connectivity index (χ0) is 42.2. The van der Waals surface area contributed by atoms with E-state index in [9.17, 15) is 19.8 Å². The van der Waals surface area contributed by atoms with Crippen LogP contribution in [0.1, 0.15) is 93.1 Å². The predicted molar refractivity (Wildman–Crippen MR) is 227 cm³/mol. The number of aliphatic hydroxyl groups excluding tert-OH is 2. The number of rotatable bonds is 19. The SMILES string of the molecule is C=CCO[C@@]12Oc3ccc(Oc4cccc(C=O)c4)cc3[C@H]3[C@H](CCCCO)[C@@H](CCCCO)C=C(C(=NOC(C)(C)C)C[C@@H]1N(C)C(=O)Cc1cccc(OC)c1)[C@H]32. The average Bonchev–Trinajstić information content (AvgIpc) is 3.23. The molecule has 3 aliphatic rings. The molecule has 6 atom stereocenters. The van der Waals surface area contributed by atoms with Gasteiger partial charge in [0.05, 0.1) is 31.8 Å². The van der Waals surface area contributed by atoms with E-state index in [1.54, 1.807) is 43.3 Å². The number of hydrogen-bond donors (Lipinski definition) is 2. The number of ether oxygens (including phenoxy) is 4. The number of carbonyl (C=O) groups is 2. The first-order valence-electron chi connectivity index (χ1n) is 20.8. The summed E-state index contributed by atoms with van der Waals surface area (Å²) >= 11 is 0. The van der Waals surface area contributed by atoms with Gasteiger partial charge in [-0.2, -0.15) is 0 Å². The zero-order valence-corrected chi connectivity index (χ0v) is 35.1. The van der Waals surface area contributed by atoms with Crippen molar-refractivity contribution in [1.29, 1.82) is 0 Å². The zero-order valence-electron chi connectivity index (χ0n) is 35.1. The molecule has 1 fully saturated rings. The maximum absolute atomic E-state index is 14.5. The van der Waals surface area contributed by atoms with Crippen LogP contribution < -0.4 is 14.2 Å². The van der Waals surface area contributed by atoms with Crippen molar-refractivity contribution in [1.82, 2.24) is 4.90 Å². The lowest BCUT2D eigenvalue weighted by Gasteiger charge is -2.59. The van der Waals surface area contributed by atoms with Crippen molar-refractivity contribution in [3.05, 3.63) is 108 Å². The molecule has 0 saturated heterocycles. The van der Waals surface area contributed by atoms with Gasteiger partial charge in [-0.15, -0.1) is 6.58 Å². The largest absolute Gasteiger partial charge is 0.497 e. The molecule has 0 radical (unpaired) electrons. The Labute approximate surface area is 348 Å². The summed E-state index contributed by atoms with van der Waals surface area (Å²) in [7, 11) is 3.41.